The zero-order valence-electron chi connectivity index (χ0n) is 8.94. The van der Waals surface area contributed by atoms with Gasteiger partial charge in [-0.2, -0.15) is 0 Å². The van der Waals surface area contributed by atoms with Crippen molar-refractivity contribution in [3.05, 3.63) is 33.5 Å². The average Bonchev–Trinajstić information content (AvgIpc) is 2.25. The summed E-state index contributed by atoms with van der Waals surface area (Å²) in [5.41, 5.74) is 4.93. The van der Waals surface area contributed by atoms with E-state index in [-0.39, 0.29) is 5.82 Å². The molecule has 0 aliphatic carbocycles. The number of nitrogens with two attached hydrogens (primary N) is 1. The van der Waals surface area contributed by atoms with Crippen LogP contribution >= 0.6 is 15.9 Å². The van der Waals surface area contributed by atoms with E-state index in [4.69, 9.17) is 5.84 Å². The van der Waals surface area contributed by atoms with Crippen molar-refractivity contribution >= 4 is 32.7 Å². The Morgan fingerprint density at radius 1 is 1.31 bits per heavy atom. The van der Waals surface area contributed by atoms with Gasteiger partial charge in [-0.05, 0) is 53.0 Å². The van der Waals surface area contributed by atoms with E-state index in [9.17, 15) is 4.39 Å². The molecule has 0 spiro atoms. The maximum absolute atomic E-state index is 13.5. The largest absolute Gasteiger partial charge is 0.308 e. The summed E-state index contributed by atoms with van der Waals surface area (Å²) in [5, 5.41) is 0.758. The van der Waals surface area contributed by atoms with Crippen LogP contribution in [-0.4, -0.2) is 4.98 Å². The van der Waals surface area contributed by atoms with Crippen LogP contribution in [0.25, 0.3) is 10.9 Å². The Morgan fingerprint density at radius 2 is 2.00 bits per heavy atom. The molecule has 0 radical (unpaired) electrons. The van der Waals surface area contributed by atoms with Crippen LogP contribution in [0.5, 0.6) is 0 Å². The zero-order valence-corrected chi connectivity index (χ0v) is 10.5. The summed E-state index contributed by atoms with van der Waals surface area (Å²) in [6.07, 6.45) is 0. The molecule has 0 fully saturated rings. The smallest absolute Gasteiger partial charge is 0.143 e. The number of aryl methyl sites for hydroxylation is 2. The van der Waals surface area contributed by atoms with E-state index in [1.807, 2.05) is 19.9 Å². The summed E-state index contributed by atoms with van der Waals surface area (Å²) in [6, 6.07) is 3.31. The molecule has 16 heavy (non-hydrogen) atoms. The van der Waals surface area contributed by atoms with Crippen LogP contribution in [0.2, 0.25) is 0 Å². The van der Waals surface area contributed by atoms with E-state index in [2.05, 4.69) is 26.3 Å². The number of pyridine rings is 1. The van der Waals surface area contributed by atoms with Crippen LogP contribution < -0.4 is 11.3 Å². The van der Waals surface area contributed by atoms with Gasteiger partial charge >= 0.3 is 0 Å². The normalized spacial score (nSPS) is 10.8. The Kier molecular flexibility index (Phi) is 2.82. The Balaban J connectivity index is 2.90. The number of fused-ring (bicyclic) bond motifs is 1. The van der Waals surface area contributed by atoms with Crippen molar-refractivity contribution in [2.45, 2.75) is 13.8 Å². The minimum absolute atomic E-state index is 0.278. The highest BCUT2D eigenvalue weighted by molar-refractivity contribution is 9.10. The predicted octanol–water partition coefficient (Wildman–Crippen LogP) is 3.04. The first-order valence-electron chi connectivity index (χ1n) is 4.77. The second kappa shape index (κ2) is 3.99. The van der Waals surface area contributed by atoms with Crippen molar-refractivity contribution in [3.8, 4) is 0 Å². The molecule has 0 amide bonds. The minimum atomic E-state index is -0.278. The fourth-order valence-electron chi connectivity index (χ4n) is 1.68. The molecule has 0 aliphatic rings. The van der Waals surface area contributed by atoms with Gasteiger partial charge in [-0.1, -0.05) is 0 Å². The number of hydrazine groups is 1. The molecule has 2 rings (SSSR count). The van der Waals surface area contributed by atoms with E-state index in [1.165, 1.54) is 6.07 Å². The number of rotatable bonds is 1. The monoisotopic (exact) mass is 283 g/mol. The van der Waals surface area contributed by atoms with Crippen LogP contribution in [0.1, 0.15) is 11.1 Å². The molecule has 3 nitrogen and oxygen atoms in total. The summed E-state index contributed by atoms with van der Waals surface area (Å²) >= 11 is 3.23. The molecule has 1 aromatic carbocycles. The topological polar surface area (TPSA) is 50.9 Å². The number of nitrogen functional groups attached to an aromatic ring is 1. The molecule has 1 heterocycles. The van der Waals surface area contributed by atoms with Crippen molar-refractivity contribution in [3.63, 3.8) is 0 Å². The van der Waals surface area contributed by atoms with Crippen molar-refractivity contribution < 1.29 is 4.39 Å². The van der Waals surface area contributed by atoms with Crippen LogP contribution in [-0.2, 0) is 0 Å². The SMILES string of the molecule is Cc1cc2c(Br)c(F)cc(C)c2nc1NN. The minimum Gasteiger partial charge on any atom is -0.308 e. The third-order valence-electron chi connectivity index (χ3n) is 2.51. The first kappa shape index (κ1) is 11.3. The van der Waals surface area contributed by atoms with Gasteiger partial charge in [0.05, 0.1) is 9.99 Å². The molecular weight excluding hydrogens is 273 g/mol. The molecular formula is C11H11BrFN3. The Bertz CT molecular complexity index is 569. The summed E-state index contributed by atoms with van der Waals surface area (Å²) in [6.45, 7) is 3.69. The van der Waals surface area contributed by atoms with Crippen LogP contribution in [0, 0.1) is 19.7 Å². The summed E-state index contributed by atoms with van der Waals surface area (Å²) < 4.78 is 13.9. The van der Waals surface area contributed by atoms with Gasteiger partial charge in [0, 0.05) is 5.39 Å². The zero-order chi connectivity index (χ0) is 11.9. The van der Waals surface area contributed by atoms with Crippen LogP contribution in [0.3, 0.4) is 0 Å². The van der Waals surface area contributed by atoms with Crippen molar-refractivity contribution in [1.82, 2.24) is 4.98 Å². The van der Waals surface area contributed by atoms with E-state index in [0.29, 0.717) is 10.3 Å². The van der Waals surface area contributed by atoms with Crippen LogP contribution in [0.15, 0.2) is 16.6 Å². The van der Waals surface area contributed by atoms with E-state index in [1.54, 1.807) is 0 Å². The van der Waals surface area contributed by atoms with Crippen LogP contribution in [0.4, 0.5) is 10.2 Å². The number of hydrogen-bond donors (Lipinski definition) is 2. The Labute approximate surface area is 101 Å². The lowest BCUT2D eigenvalue weighted by molar-refractivity contribution is 0.622. The fraction of sp³-hybridized carbons (Fsp3) is 0.182. The third kappa shape index (κ3) is 1.66. The van der Waals surface area contributed by atoms with E-state index in [0.717, 1.165) is 22.0 Å². The van der Waals surface area contributed by atoms with E-state index < -0.39 is 0 Å². The Morgan fingerprint density at radius 3 is 2.62 bits per heavy atom. The lowest BCUT2D eigenvalue weighted by atomic mass is 10.1. The van der Waals surface area contributed by atoms with Crippen molar-refractivity contribution in [2.24, 2.45) is 5.84 Å². The summed E-state index contributed by atoms with van der Waals surface area (Å²) in [4.78, 5) is 4.36. The van der Waals surface area contributed by atoms with Gasteiger partial charge in [-0.3, -0.25) is 0 Å². The second-order valence-electron chi connectivity index (χ2n) is 3.68. The molecule has 84 valence electrons. The number of anilines is 1. The summed E-state index contributed by atoms with van der Waals surface area (Å²) in [7, 11) is 0. The molecule has 0 saturated carbocycles. The van der Waals surface area contributed by atoms with Gasteiger partial charge in [0.15, 0.2) is 0 Å². The molecule has 0 aliphatic heterocycles. The standard InChI is InChI=1S/C11H11BrFN3/c1-5-4-8(13)9(12)7-3-6(2)11(16-14)15-10(5)7/h3-4H,14H2,1-2H3,(H,15,16). The van der Waals surface area contributed by atoms with Gasteiger partial charge in [-0.25, -0.2) is 15.2 Å². The number of aromatic nitrogens is 1. The first-order valence-corrected chi connectivity index (χ1v) is 5.56. The van der Waals surface area contributed by atoms with Gasteiger partial charge in [0.1, 0.15) is 11.6 Å². The molecule has 2 aromatic rings. The van der Waals surface area contributed by atoms with Gasteiger partial charge in [0.2, 0.25) is 0 Å². The number of nitrogens with one attached hydrogen (secondary N) is 1. The molecule has 5 heteroatoms. The fourth-order valence-corrected chi connectivity index (χ4v) is 2.09. The lowest BCUT2D eigenvalue weighted by Crippen LogP contribution is -2.10. The summed E-state index contributed by atoms with van der Waals surface area (Å²) in [5.74, 6) is 5.69. The number of halogens is 2. The van der Waals surface area contributed by atoms with Gasteiger partial charge < -0.3 is 5.43 Å². The molecule has 0 atom stereocenters. The third-order valence-corrected chi connectivity index (χ3v) is 3.32. The second-order valence-corrected chi connectivity index (χ2v) is 4.48. The average molecular weight is 284 g/mol. The molecule has 0 unspecified atom stereocenters. The maximum atomic E-state index is 13.5. The van der Waals surface area contributed by atoms with Crippen molar-refractivity contribution in [1.29, 1.82) is 0 Å². The van der Waals surface area contributed by atoms with Crippen molar-refractivity contribution in [2.75, 3.05) is 5.43 Å². The van der Waals surface area contributed by atoms with Gasteiger partial charge in [0.25, 0.3) is 0 Å². The molecule has 3 N–H and O–H groups in total. The van der Waals surface area contributed by atoms with Gasteiger partial charge in [-0.15, -0.1) is 0 Å². The number of benzene rings is 1. The number of nitrogens with zero attached hydrogens (tertiary/aromatic N) is 1. The highest BCUT2D eigenvalue weighted by atomic mass is 79.9. The molecule has 0 bridgehead atoms. The molecule has 0 saturated heterocycles. The molecule has 1 aromatic heterocycles. The highest BCUT2D eigenvalue weighted by Crippen LogP contribution is 2.30. The Hall–Kier alpha value is -1.20. The maximum Gasteiger partial charge on any atom is 0.143 e. The quantitative estimate of drug-likeness (QED) is 0.625. The number of hydrogen-bond acceptors (Lipinski definition) is 3. The first-order chi connectivity index (χ1) is 7.54. The lowest BCUT2D eigenvalue weighted by Gasteiger charge is -2.10. The van der Waals surface area contributed by atoms with E-state index >= 15 is 0 Å². The predicted molar refractivity (Wildman–Crippen MR) is 66.7 cm³/mol. The highest BCUT2D eigenvalue weighted by Gasteiger charge is 2.11.